The molecule has 0 atom stereocenters. The molecule has 0 bridgehead atoms. The number of aromatic nitrogens is 5. The Kier molecular flexibility index (Phi) is 4.61. The maximum absolute atomic E-state index is 4.61. The number of nitrogens with zero attached hydrogens (tertiary/aromatic N) is 5. The Balaban J connectivity index is 1.73. The van der Waals surface area contributed by atoms with Gasteiger partial charge in [-0.3, -0.25) is 9.67 Å². The summed E-state index contributed by atoms with van der Waals surface area (Å²) in [4.78, 5) is 13.2. The molecule has 0 saturated carbocycles. The normalized spacial score (nSPS) is 10.7. The maximum atomic E-state index is 4.61. The lowest BCUT2D eigenvalue weighted by atomic mass is 10.2. The Morgan fingerprint density at radius 1 is 1.17 bits per heavy atom. The highest BCUT2D eigenvalue weighted by atomic mass is 15.3. The third-order valence-corrected chi connectivity index (χ3v) is 3.49. The summed E-state index contributed by atoms with van der Waals surface area (Å²) in [5.74, 6) is 1.57. The first-order chi connectivity index (χ1) is 11.2. The molecule has 0 aromatic carbocycles. The minimum absolute atomic E-state index is 0.726. The Bertz CT molecular complexity index is 766. The standard InChI is InChI=1S/C17H20N6/c1-3-15-10-16(19-8-9-23-12-13(2)11-20-23)22-17(21-15)14-4-6-18-7-5-14/h4-7,10-12H,3,8-9H2,1-2H3,(H,19,21,22). The molecular formula is C17H20N6. The molecule has 0 amide bonds. The van der Waals surface area contributed by atoms with Crippen LogP contribution in [0.4, 0.5) is 5.82 Å². The van der Waals surface area contributed by atoms with Crippen molar-refractivity contribution in [1.82, 2.24) is 24.7 Å². The lowest BCUT2D eigenvalue weighted by molar-refractivity contribution is 0.636. The van der Waals surface area contributed by atoms with Gasteiger partial charge in [-0.1, -0.05) is 6.92 Å². The maximum Gasteiger partial charge on any atom is 0.161 e. The molecule has 0 spiro atoms. The first-order valence-electron chi connectivity index (χ1n) is 7.76. The molecule has 3 rings (SSSR count). The van der Waals surface area contributed by atoms with Crippen LogP contribution in [0, 0.1) is 6.92 Å². The van der Waals surface area contributed by atoms with Crippen LogP contribution in [0.25, 0.3) is 11.4 Å². The fourth-order valence-corrected chi connectivity index (χ4v) is 2.29. The average Bonchev–Trinajstić information content (AvgIpc) is 3.00. The molecule has 3 aromatic rings. The van der Waals surface area contributed by atoms with Gasteiger partial charge in [0.05, 0.1) is 12.7 Å². The zero-order valence-corrected chi connectivity index (χ0v) is 13.4. The number of pyridine rings is 1. The summed E-state index contributed by atoms with van der Waals surface area (Å²) in [5.41, 5.74) is 3.16. The smallest absolute Gasteiger partial charge is 0.161 e. The quantitative estimate of drug-likeness (QED) is 0.758. The van der Waals surface area contributed by atoms with E-state index in [9.17, 15) is 0 Å². The van der Waals surface area contributed by atoms with Crippen molar-refractivity contribution in [1.29, 1.82) is 0 Å². The molecule has 0 unspecified atom stereocenters. The summed E-state index contributed by atoms with van der Waals surface area (Å²) in [6.07, 6.45) is 8.27. The van der Waals surface area contributed by atoms with Crippen molar-refractivity contribution in [2.75, 3.05) is 11.9 Å². The number of rotatable bonds is 6. The van der Waals surface area contributed by atoms with Gasteiger partial charge in [0, 0.05) is 42.5 Å². The van der Waals surface area contributed by atoms with Crippen LogP contribution in [0.15, 0.2) is 43.0 Å². The van der Waals surface area contributed by atoms with Crippen LogP contribution in [0.3, 0.4) is 0 Å². The molecule has 0 saturated heterocycles. The largest absolute Gasteiger partial charge is 0.368 e. The van der Waals surface area contributed by atoms with E-state index in [1.165, 1.54) is 5.56 Å². The minimum Gasteiger partial charge on any atom is -0.368 e. The minimum atomic E-state index is 0.726. The van der Waals surface area contributed by atoms with Crippen LogP contribution in [0.2, 0.25) is 0 Å². The summed E-state index contributed by atoms with van der Waals surface area (Å²) in [6, 6.07) is 5.84. The second kappa shape index (κ2) is 7.00. The lowest BCUT2D eigenvalue weighted by Gasteiger charge is -2.09. The highest BCUT2D eigenvalue weighted by Crippen LogP contribution is 2.17. The zero-order chi connectivity index (χ0) is 16.1. The topological polar surface area (TPSA) is 68.5 Å². The van der Waals surface area contributed by atoms with E-state index in [2.05, 4.69) is 32.3 Å². The van der Waals surface area contributed by atoms with Gasteiger partial charge in [0.15, 0.2) is 5.82 Å². The van der Waals surface area contributed by atoms with Crippen LogP contribution in [0.5, 0.6) is 0 Å². The van der Waals surface area contributed by atoms with Gasteiger partial charge in [0.2, 0.25) is 0 Å². The predicted molar refractivity (Wildman–Crippen MR) is 90.1 cm³/mol. The Morgan fingerprint density at radius 2 is 2.00 bits per heavy atom. The molecule has 0 aliphatic rings. The number of hydrogen-bond donors (Lipinski definition) is 1. The summed E-state index contributed by atoms with van der Waals surface area (Å²) in [7, 11) is 0. The number of hydrogen-bond acceptors (Lipinski definition) is 5. The van der Waals surface area contributed by atoms with Gasteiger partial charge in [0.1, 0.15) is 5.82 Å². The molecule has 118 valence electrons. The number of aryl methyl sites for hydroxylation is 2. The van der Waals surface area contributed by atoms with Gasteiger partial charge < -0.3 is 5.32 Å². The van der Waals surface area contributed by atoms with Crippen molar-refractivity contribution in [3.63, 3.8) is 0 Å². The molecule has 1 N–H and O–H groups in total. The van der Waals surface area contributed by atoms with Crippen molar-refractivity contribution in [2.45, 2.75) is 26.8 Å². The second-order valence-electron chi connectivity index (χ2n) is 5.37. The van der Waals surface area contributed by atoms with E-state index in [-0.39, 0.29) is 0 Å². The van der Waals surface area contributed by atoms with Crippen LogP contribution in [-0.4, -0.2) is 31.3 Å². The SMILES string of the molecule is CCc1cc(NCCn2cc(C)cn2)nc(-c2ccncc2)n1. The highest BCUT2D eigenvalue weighted by molar-refractivity contribution is 5.56. The van der Waals surface area contributed by atoms with E-state index >= 15 is 0 Å². The molecule has 23 heavy (non-hydrogen) atoms. The number of anilines is 1. The molecule has 3 heterocycles. The molecule has 0 aliphatic heterocycles. The molecule has 0 aliphatic carbocycles. The average molecular weight is 308 g/mol. The molecule has 3 aromatic heterocycles. The summed E-state index contributed by atoms with van der Waals surface area (Å²) in [5, 5.41) is 7.64. The van der Waals surface area contributed by atoms with Crippen molar-refractivity contribution in [3.8, 4) is 11.4 Å². The lowest BCUT2D eigenvalue weighted by Crippen LogP contribution is -2.12. The van der Waals surface area contributed by atoms with Gasteiger partial charge >= 0.3 is 0 Å². The van der Waals surface area contributed by atoms with Crippen molar-refractivity contribution >= 4 is 5.82 Å². The van der Waals surface area contributed by atoms with Crippen LogP contribution in [0.1, 0.15) is 18.2 Å². The Hall–Kier alpha value is -2.76. The van der Waals surface area contributed by atoms with Gasteiger partial charge in [-0.25, -0.2) is 9.97 Å². The zero-order valence-electron chi connectivity index (χ0n) is 13.4. The van der Waals surface area contributed by atoms with Crippen molar-refractivity contribution < 1.29 is 0 Å². The van der Waals surface area contributed by atoms with E-state index in [0.717, 1.165) is 42.4 Å². The number of nitrogens with one attached hydrogen (secondary N) is 1. The predicted octanol–water partition coefficient (Wildman–Crippen LogP) is 2.72. The van der Waals surface area contributed by atoms with Crippen molar-refractivity contribution in [3.05, 3.63) is 54.2 Å². The van der Waals surface area contributed by atoms with E-state index in [1.807, 2.05) is 42.2 Å². The van der Waals surface area contributed by atoms with Gasteiger partial charge in [-0.15, -0.1) is 0 Å². The Morgan fingerprint density at radius 3 is 2.70 bits per heavy atom. The summed E-state index contributed by atoms with van der Waals surface area (Å²) in [6.45, 7) is 5.69. The van der Waals surface area contributed by atoms with Gasteiger partial charge in [-0.2, -0.15) is 5.10 Å². The summed E-state index contributed by atoms with van der Waals surface area (Å²) < 4.78 is 1.92. The van der Waals surface area contributed by atoms with E-state index in [0.29, 0.717) is 0 Å². The van der Waals surface area contributed by atoms with E-state index in [1.54, 1.807) is 12.4 Å². The molecule has 0 radical (unpaired) electrons. The van der Waals surface area contributed by atoms with E-state index < -0.39 is 0 Å². The third-order valence-electron chi connectivity index (χ3n) is 3.49. The van der Waals surface area contributed by atoms with Gasteiger partial charge in [-0.05, 0) is 31.0 Å². The Labute approximate surface area is 135 Å². The fourth-order valence-electron chi connectivity index (χ4n) is 2.29. The molecule has 6 heteroatoms. The molecule has 0 fully saturated rings. The van der Waals surface area contributed by atoms with E-state index in [4.69, 9.17) is 0 Å². The second-order valence-corrected chi connectivity index (χ2v) is 5.37. The third kappa shape index (κ3) is 3.91. The highest BCUT2D eigenvalue weighted by Gasteiger charge is 2.06. The van der Waals surface area contributed by atoms with Gasteiger partial charge in [0.25, 0.3) is 0 Å². The van der Waals surface area contributed by atoms with Crippen LogP contribution in [-0.2, 0) is 13.0 Å². The molecular weight excluding hydrogens is 288 g/mol. The van der Waals surface area contributed by atoms with Crippen molar-refractivity contribution in [2.24, 2.45) is 0 Å². The first kappa shape index (κ1) is 15.1. The van der Waals surface area contributed by atoms with Crippen LogP contribution < -0.4 is 5.32 Å². The fraction of sp³-hybridized carbons (Fsp3) is 0.294. The monoisotopic (exact) mass is 308 g/mol. The summed E-state index contributed by atoms with van der Waals surface area (Å²) >= 11 is 0. The van der Waals surface area contributed by atoms with Crippen LogP contribution >= 0.6 is 0 Å². The molecule has 6 nitrogen and oxygen atoms in total. The first-order valence-corrected chi connectivity index (χ1v) is 7.76.